The highest BCUT2D eigenvalue weighted by Crippen LogP contribution is 2.31. The van der Waals surface area contributed by atoms with Crippen LogP contribution in [-0.4, -0.2) is 36.4 Å². The van der Waals surface area contributed by atoms with Crippen LogP contribution in [-0.2, 0) is 11.3 Å². The van der Waals surface area contributed by atoms with Crippen LogP contribution in [0.15, 0.2) is 40.9 Å². The summed E-state index contributed by atoms with van der Waals surface area (Å²) in [6, 6.07) is 11.1. The van der Waals surface area contributed by atoms with E-state index in [-0.39, 0.29) is 18.3 Å². The molecule has 0 spiro atoms. The molecular formula is C23H27N3O5. The van der Waals surface area contributed by atoms with Gasteiger partial charge in [0.1, 0.15) is 17.2 Å². The van der Waals surface area contributed by atoms with Crippen molar-refractivity contribution in [1.29, 1.82) is 0 Å². The Kier molecular flexibility index (Phi) is 7.12. The van der Waals surface area contributed by atoms with E-state index in [9.17, 15) is 4.79 Å². The Balaban J connectivity index is 1.64. The molecule has 1 amide bonds. The summed E-state index contributed by atoms with van der Waals surface area (Å²) in [7, 11) is 3.14. The van der Waals surface area contributed by atoms with Crippen molar-refractivity contribution in [2.75, 3.05) is 14.2 Å². The second kappa shape index (κ2) is 9.97. The van der Waals surface area contributed by atoms with Gasteiger partial charge in [0.05, 0.1) is 26.3 Å². The SMILES string of the molecule is CC[C@H](Oc1ccc(C)c(C)c1)C(=O)NCc1nc(-c2ccc(OC)cc2OC)no1. The molecule has 1 heterocycles. The lowest BCUT2D eigenvalue weighted by Gasteiger charge is -2.17. The third kappa shape index (κ3) is 5.33. The Morgan fingerprint density at radius 2 is 1.84 bits per heavy atom. The zero-order chi connectivity index (χ0) is 22.4. The highest BCUT2D eigenvalue weighted by atomic mass is 16.5. The third-order valence-electron chi connectivity index (χ3n) is 4.95. The van der Waals surface area contributed by atoms with Gasteiger partial charge in [-0.15, -0.1) is 0 Å². The molecule has 3 rings (SSSR count). The van der Waals surface area contributed by atoms with E-state index < -0.39 is 6.10 Å². The maximum absolute atomic E-state index is 12.6. The average molecular weight is 425 g/mol. The number of nitrogens with zero attached hydrogens (tertiary/aromatic N) is 2. The largest absolute Gasteiger partial charge is 0.497 e. The van der Waals surface area contributed by atoms with Gasteiger partial charge in [-0.1, -0.05) is 18.1 Å². The molecule has 0 saturated heterocycles. The van der Waals surface area contributed by atoms with Gasteiger partial charge >= 0.3 is 0 Å². The number of hydrogen-bond donors (Lipinski definition) is 1. The molecule has 0 aliphatic carbocycles. The van der Waals surface area contributed by atoms with E-state index in [1.165, 1.54) is 5.56 Å². The van der Waals surface area contributed by atoms with Gasteiger partial charge in [0.15, 0.2) is 6.10 Å². The summed E-state index contributed by atoms with van der Waals surface area (Å²) in [4.78, 5) is 16.9. The van der Waals surface area contributed by atoms with Crippen LogP contribution in [0.5, 0.6) is 17.2 Å². The third-order valence-corrected chi connectivity index (χ3v) is 4.95. The molecule has 0 unspecified atom stereocenters. The Morgan fingerprint density at radius 1 is 1.06 bits per heavy atom. The van der Waals surface area contributed by atoms with Gasteiger partial charge in [0.25, 0.3) is 5.91 Å². The van der Waals surface area contributed by atoms with Crippen LogP contribution in [0.25, 0.3) is 11.4 Å². The zero-order valence-electron chi connectivity index (χ0n) is 18.4. The summed E-state index contributed by atoms with van der Waals surface area (Å²) in [5, 5.41) is 6.79. The van der Waals surface area contributed by atoms with Crippen molar-refractivity contribution in [2.45, 2.75) is 39.8 Å². The molecule has 1 N–H and O–H groups in total. The second-order valence-electron chi connectivity index (χ2n) is 7.06. The molecule has 8 nitrogen and oxygen atoms in total. The maximum Gasteiger partial charge on any atom is 0.261 e. The zero-order valence-corrected chi connectivity index (χ0v) is 18.4. The van der Waals surface area contributed by atoms with Crippen LogP contribution < -0.4 is 19.5 Å². The Labute approximate surface area is 181 Å². The van der Waals surface area contributed by atoms with Crippen LogP contribution in [0, 0.1) is 13.8 Å². The Morgan fingerprint density at radius 3 is 2.52 bits per heavy atom. The lowest BCUT2D eigenvalue weighted by atomic mass is 10.1. The number of methoxy groups -OCH3 is 2. The minimum absolute atomic E-state index is 0.0943. The molecule has 0 aliphatic heterocycles. The Bertz CT molecular complexity index is 1050. The summed E-state index contributed by atoms with van der Waals surface area (Å²) in [5.74, 6) is 2.28. The van der Waals surface area contributed by atoms with Crippen LogP contribution in [0.2, 0.25) is 0 Å². The molecule has 0 fully saturated rings. The van der Waals surface area contributed by atoms with Crippen molar-refractivity contribution in [3.05, 3.63) is 53.4 Å². The number of amides is 1. The number of aromatic nitrogens is 2. The fourth-order valence-electron chi connectivity index (χ4n) is 2.97. The highest BCUT2D eigenvalue weighted by molar-refractivity contribution is 5.81. The first-order valence-electron chi connectivity index (χ1n) is 10.0. The minimum atomic E-state index is -0.619. The van der Waals surface area contributed by atoms with E-state index in [0.29, 0.717) is 35.1 Å². The maximum atomic E-state index is 12.6. The van der Waals surface area contributed by atoms with Crippen molar-refractivity contribution < 1.29 is 23.5 Å². The van der Waals surface area contributed by atoms with Crippen LogP contribution >= 0.6 is 0 Å². The molecule has 3 aromatic rings. The molecule has 0 aliphatic rings. The van der Waals surface area contributed by atoms with Gasteiger partial charge in [0.2, 0.25) is 11.7 Å². The normalized spacial score (nSPS) is 11.6. The quantitative estimate of drug-likeness (QED) is 0.556. The fraction of sp³-hybridized carbons (Fsp3) is 0.348. The first kappa shape index (κ1) is 22.1. The van der Waals surface area contributed by atoms with Crippen molar-refractivity contribution in [3.8, 4) is 28.6 Å². The lowest BCUT2D eigenvalue weighted by molar-refractivity contribution is -0.128. The van der Waals surface area contributed by atoms with Crippen LogP contribution in [0.1, 0.15) is 30.4 Å². The molecule has 31 heavy (non-hydrogen) atoms. The smallest absolute Gasteiger partial charge is 0.261 e. The molecule has 8 heteroatoms. The summed E-state index contributed by atoms with van der Waals surface area (Å²) in [6.45, 7) is 6.03. The van der Waals surface area contributed by atoms with E-state index in [4.69, 9.17) is 18.7 Å². The predicted octanol–water partition coefficient (Wildman–Crippen LogP) is 3.84. The first-order chi connectivity index (χ1) is 14.9. The lowest BCUT2D eigenvalue weighted by Crippen LogP contribution is -2.37. The van der Waals surface area contributed by atoms with E-state index in [2.05, 4.69) is 15.5 Å². The van der Waals surface area contributed by atoms with Gasteiger partial charge in [-0.2, -0.15) is 4.98 Å². The fourth-order valence-corrected chi connectivity index (χ4v) is 2.97. The van der Waals surface area contributed by atoms with Crippen LogP contribution in [0.3, 0.4) is 0 Å². The molecule has 2 aromatic carbocycles. The van der Waals surface area contributed by atoms with Gasteiger partial charge in [0, 0.05) is 6.07 Å². The number of nitrogens with one attached hydrogen (secondary N) is 1. The van der Waals surface area contributed by atoms with Crippen LogP contribution in [0.4, 0.5) is 0 Å². The molecule has 1 aromatic heterocycles. The minimum Gasteiger partial charge on any atom is -0.497 e. The van der Waals surface area contributed by atoms with E-state index in [0.717, 1.165) is 5.56 Å². The summed E-state index contributed by atoms with van der Waals surface area (Å²) in [6.07, 6.45) is -0.0946. The van der Waals surface area contributed by atoms with Gasteiger partial charge in [-0.3, -0.25) is 4.79 Å². The molecular weight excluding hydrogens is 398 g/mol. The predicted molar refractivity (Wildman–Crippen MR) is 115 cm³/mol. The molecule has 1 atom stereocenters. The monoisotopic (exact) mass is 425 g/mol. The number of aryl methyl sites for hydroxylation is 2. The van der Waals surface area contributed by atoms with E-state index >= 15 is 0 Å². The van der Waals surface area contributed by atoms with Gasteiger partial charge < -0.3 is 24.1 Å². The van der Waals surface area contributed by atoms with Crippen molar-refractivity contribution in [1.82, 2.24) is 15.5 Å². The number of carbonyl (C=O) groups is 1. The Hall–Kier alpha value is -3.55. The summed E-state index contributed by atoms with van der Waals surface area (Å²) in [5.41, 5.74) is 2.94. The first-order valence-corrected chi connectivity index (χ1v) is 10.0. The number of rotatable bonds is 9. The summed E-state index contributed by atoms with van der Waals surface area (Å²) < 4.78 is 21.7. The molecule has 0 saturated carbocycles. The van der Waals surface area contributed by atoms with Crippen molar-refractivity contribution >= 4 is 5.91 Å². The number of carbonyl (C=O) groups excluding carboxylic acids is 1. The second-order valence-corrected chi connectivity index (χ2v) is 7.06. The molecule has 0 bridgehead atoms. The molecule has 0 radical (unpaired) electrons. The van der Waals surface area contributed by atoms with E-state index in [1.54, 1.807) is 32.4 Å². The van der Waals surface area contributed by atoms with E-state index in [1.807, 2.05) is 39.0 Å². The average Bonchev–Trinajstić information content (AvgIpc) is 3.26. The standard InChI is InChI=1S/C23H27N3O5/c1-6-19(30-17-8-7-14(2)15(3)11-17)23(27)24-13-21-25-22(26-31-21)18-10-9-16(28-4)12-20(18)29-5/h7-12,19H,6,13H2,1-5H3,(H,24,27)/t19-/m0/s1. The van der Waals surface area contributed by atoms with Crippen molar-refractivity contribution in [3.63, 3.8) is 0 Å². The number of ether oxygens (including phenoxy) is 3. The van der Waals surface area contributed by atoms with Gasteiger partial charge in [-0.05, 0) is 55.7 Å². The number of hydrogen-bond acceptors (Lipinski definition) is 7. The summed E-state index contributed by atoms with van der Waals surface area (Å²) >= 11 is 0. The number of benzene rings is 2. The van der Waals surface area contributed by atoms with Crippen molar-refractivity contribution in [2.24, 2.45) is 0 Å². The highest BCUT2D eigenvalue weighted by Gasteiger charge is 2.20. The van der Waals surface area contributed by atoms with Gasteiger partial charge in [-0.25, -0.2) is 0 Å². The molecule has 164 valence electrons. The topological polar surface area (TPSA) is 95.7 Å².